The fraction of sp³-hybridized carbons (Fsp3) is 0.286. The van der Waals surface area contributed by atoms with E-state index in [4.69, 9.17) is 24.8 Å². The minimum absolute atomic E-state index is 0.0778. The van der Waals surface area contributed by atoms with Crippen LogP contribution in [0, 0.1) is 0 Å². The molecule has 0 fully saturated rings. The van der Waals surface area contributed by atoms with Gasteiger partial charge in [-0.15, -0.1) is 12.6 Å². The number of allylic oxidation sites excluding steroid dienone is 5. The van der Waals surface area contributed by atoms with Gasteiger partial charge in [-0.3, -0.25) is 0 Å². The molecule has 2 aromatic carbocycles. The summed E-state index contributed by atoms with van der Waals surface area (Å²) >= 11 is 10.8. The number of fused-ring (bicyclic) bond motifs is 2. The molecule has 0 amide bonds. The van der Waals surface area contributed by atoms with Gasteiger partial charge < -0.3 is 4.90 Å². The topological polar surface area (TPSA) is 6.25 Å². The Hall–Kier alpha value is -2.43. The molecule has 5 rings (SSSR count). The van der Waals surface area contributed by atoms with Gasteiger partial charge >= 0.3 is 0 Å². The van der Waals surface area contributed by atoms with Gasteiger partial charge in [0.15, 0.2) is 5.71 Å². The van der Waals surface area contributed by atoms with E-state index >= 15 is 0 Å². The average Bonchev–Trinajstić information content (AvgIpc) is 3.09. The molecule has 0 atom stereocenters. The second-order valence-electron chi connectivity index (χ2n) is 9.97. The second-order valence-corrected chi connectivity index (χ2v) is 10.8. The van der Waals surface area contributed by atoms with Crippen molar-refractivity contribution in [2.45, 2.75) is 38.5 Å². The summed E-state index contributed by atoms with van der Waals surface area (Å²) in [5.41, 5.74) is 9.68. The van der Waals surface area contributed by atoms with Gasteiger partial charge in [0.25, 0.3) is 0 Å². The van der Waals surface area contributed by atoms with Crippen molar-refractivity contribution in [1.82, 2.24) is 0 Å². The third kappa shape index (κ3) is 2.79. The molecule has 0 saturated heterocycles. The SMILES string of the molecule is CN1C(=CC2=C(S)/C(=C\C3=[N+](C)c4ccccc4C3(C)C)C2=S)C(C)(C)c2ccccc21. The number of para-hydroxylation sites is 2. The predicted octanol–water partition coefficient (Wildman–Crippen LogP) is 6.50. The van der Waals surface area contributed by atoms with Crippen LogP contribution in [0.1, 0.15) is 38.8 Å². The van der Waals surface area contributed by atoms with Crippen molar-refractivity contribution in [1.29, 1.82) is 0 Å². The number of hydrogen-bond acceptors (Lipinski definition) is 3. The van der Waals surface area contributed by atoms with E-state index in [2.05, 4.69) is 112 Å². The van der Waals surface area contributed by atoms with Gasteiger partial charge in [-0.1, -0.05) is 62.5 Å². The van der Waals surface area contributed by atoms with Gasteiger partial charge in [0, 0.05) is 57.6 Å². The van der Waals surface area contributed by atoms with Crippen LogP contribution in [0.3, 0.4) is 0 Å². The Morgan fingerprint density at radius 3 is 2.16 bits per heavy atom. The summed E-state index contributed by atoms with van der Waals surface area (Å²) in [5.74, 6) is 0. The van der Waals surface area contributed by atoms with Gasteiger partial charge in [-0.2, -0.15) is 4.58 Å². The molecule has 0 saturated carbocycles. The zero-order chi connectivity index (χ0) is 23.0. The molecule has 0 N–H and O–H groups in total. The molecule has 2 aliphatic heterocycles. The second kappa shape index (κ2) is 7.03. The molecule has 2 heterocycles. The fourth-order valence-electron chi connectivity index (χ4n) is 5.50. The lowest BCUT2D eigenvalue weighted by Crippen LogP contribution is -2.30. The molecule has 0 spiro atoms. The number of thiol groups is 1. The predicted molar refractivity (Wildman–Crippen MR) is 143 cm³/mol. The third-order valence-corrected chi connectivity index (χ3v) is 8.36. The van der Waals surface area contributed by atoms with Crippen molar-refractivity contribution in [3.05, 3.63) is 93.6 Å². The molecule has 1 aliphatic carbocycles. The van der Waals surface area contributed by atoms with Crippen molar-refractivity contribution >= 4 is 46.8 Å². The maximum absolute atomic E-state index is 5.90. The molecule has 2 aromatic rings. The van der Waals surface area contributed by atoms with Crippen molar-refractivity contribution in [3.63, 3.8) is 0 Å². The van der Waals surface area contributed by atoms with E-state index in [1.807, 2.05) is 0 Å². The Balaban J connectivity index is 1.55. The summed E-state index contributed by atoms with van der Waals surface area (Å²) < 4.78 is 2.28. The Kier molecular flexibility index (Phi) is 4.71. The van der Waals surface area contributed by atoms with Crippen LogP contribution in [0.25, 0.3) is 0 Å². The molecule has 0 unspecified atom stereocenters. The van der Waals surface area contributed by atoms with Crippen LogP contribution in [-0.2, 0) is 10.8 Å². The minimum Gasteiger partial charge on any atom is -0.347 e. The quantitative estimate of drug-likeness (QED) is 0.238. The van der Waals surface area contributed by atoms with Crippen molar-refractivity contribution in [2.24, 2.45) is 0 Å². The monoisotopic (exact) mass is 457 g/mol. The molecule has 3 aliphatic rings. The summed E-state index contributed by atoms with van der Waals surface area (Å²) in [6.45, 7) is 9.12. The first-order chi connectivity index (χ1) is 15.1. The largest absolute Gasteiger partial charge is 0.347 e. The molecular weight excluding hydrogens is 428 g/mol. The van der Waals surface area contributed by atoms with Crippen molar-refractivity contribution < 1.29 is 4.58 Å². The molecule has 0 aromatic heterocycles. The summed E-state index contributed by atoms with van der Waals surface area (Å²) in [7, 11) is 4.28. The normalized spacial score (nSPS) is 23.2. The smallest absolute Gasteiger partial charge is 0.209 e. The van der Waals surface area contributed by atoms with Crippen LogP contribution in [0.15, 0.2) is 82.4 Å². The van der Waals surface area contributed by atoms with Gasteiger partial charge in [0.1, 0.15) is 7.05 Å². The van der Waals surface area contributed by atoms with E-state index in [9.17, 15) is 0 Å². The molecule has 2 nitrogen and oxygen atoms in total. The van der Waals surface area contributed by atoms with Gasteiger partial charge in [-0.05, 0) is 31.6 Å². The number of likely N-dealkylation sites (N-methyl/N-ethyl adjacent to an activating group) is 1. The standard InChI is InChI=1S/C28H28N2S2/c1-27(2)19-11-7-9-13-21(19)29(5)23(27)15-17-25(31)18(26(17)32)16-24-28(3,4)20-12-8-10-14-22(20)30(24)6/h7-16H,1-6H3/p+1. The number of nitrogens with zero attached hydrogens (tertiary/aromatic N) is 2. The fourth-order valence-corrected chi connectivity index (χ4v) is 6.33. The van der Waals surface area contributed by atoms with E-state index in [0.717, 1.165) is 20.9 Å². The van der Waals surface area contributed by atoms with E-state index in [0.29, 0.717) is 0 Å². The average molecular weight is 458 g/mol. The van der Waals surface area contributed by atoms with E-state index in [-0.39, 0.29) is 10.8 Å². The van der Waals surface area contributed by atoms with Crippen molar-refractivity contribution in [3.8, 4) is 0 Å². The van der Waals surface area contributed by atoms with E-state index < -0.39 is 0 Å². The molecule has 4 heteroatoms. The molecule has 162 valence electrons. The van der Waals surface area contributed by atoms with Gasteiger partial charge in [-0.25, -0.2) is 0 Å². The van der Waals surface area contributed by atoms with Crippen LogP contribution in [0.5, 0.6) is 0 Å². The van der Waals surface area contributed by atoms with Gasteiger partial charge in [0.2, 0.25) is 5.69 Å². The summed E-state index contributed by atoms with van der Waals surface area (Å²) in [6, 6.07) is 17.2. The number of hydrogen-bond donors (Lipinski definition) is 1. The molecular formula is C28H29N2S2+. The first kappa shape index (κ1) is 21.4. The van der Waals surface area contributed by atoms with Crippen LogP contribution in [-0.4, -0.2) is 29.2 Å². The Morgan fingerprint density at radius 1 is 0.906 bits per heavy atom. The first-order valence-corrected chi connectivity index (χ1v) is 11.9. The van der Waals surface area contributed by atoms with Crippen LogP contribution in [0.2, 0.25) is 0 Å². The van der Waals surface area contributed by atoms with Crippen LogP contribution in [0.4, 0.5) is 11.4 Å². The lowest BCUT2D eigenvalue weighted by molar-refractivity contribution is -0.401. The van der Waals surface area contributed by atoms with E-state index in [1.54, 1.807) is 0 Å². The molecule has 0 bridgehead atoms. The highest BCUT2D eigenvalue weighted by Crippen LogP contribution is 2.49. The Morgan fingerprint density at radius 2 is 1.53 bits per heavy atom. The summed E-state index contributed by atoms with van der Waals surface area (Å²) in [6.07, 6.45) is 4.48. The molecule has 32 heavy (non-hydrogen) atoms. The third-order valence-electron chi connectivity index (χ3n) is 7.44. The zero-order valence-corrected chi connectivity index (χ0v) is 21.2. The van der Waals surface area contributed by atoms with Gasteiger partial charge in [0.05, 0.1) is 10.3 Å². The lowest BCUT2D eigenvalue weighted by atomic mass is 9.78. The zero-order valence-electron chi connectivity index (χ0n) is 19.5. The Bertz CT molecular complexity index is 1320. The summed E-state index contributed by atoms with van der Waals surface area (Å²) in [4.78, 5) is 4.16. The minimum atomic E-state index is -0.0778. The highest BCUT2D eigenvalue weighted by Gasteiger charge is 2.44. The first-order valence-electron chi connectivity index (χ1n) is 11.0. The molecule has 0 radical (unpaired) electrons. The summed E-state index contributed by atoms with van der Waals surface area (Å²) in [5, 5.41) is 0. The number of thiocarbonyl (C=S) groups is 1. The van der Waals surface area contributed by atoms with Crippen LogP contribution < -0.4 is 4.90 Å². The number of rotatable bonds is 2. The van der Waals surface area contributed by atoms with Crippen molar-refractivity contribution in [2.75, 3.05) is 19.0 Å². The number of benzene rings is 2. The van der Waals surface area contributed by atoms with E-state index in [1.165, 1.54) is 33.9 Å². The maximum atomic E-state index is 5.90. The highest BCUT2D eigenvalue weighted by atomic mass is 32.1. The number of anilines is 1. The Labute approximate surface area is 202 Å². The maximum Gasteiger partial charge on any atom is 0.209 e. The van der Waals surface area contributed by atoms with Crippen LogP contribution >= 0.6 is 24.8 Å². The highest BCUT2D eigenvalue weighted by molar-refractivity contribution is 7.86. The lowest BCUT2D eigenvalue weighted by Gasteiger charge is -2.29.